The summed E-state index contributed by atoms with van der Waals surface area (Å²) in [5.41, 5.74) is 8.04. The Morgan fingerprint density at radius 3 is 1.92 bits per heavy atom. The first kappa shape index (κ1) is 28.6. The quantitative estimate of drug-likeness (QED) is 0.357. The number of rotatable bonds is 11. The molecule has 0 aliphatic carbocycles. The van der Waals surface area contributed by atoms with E-state index in [0.717, 1.165) is 28.2 Å². The summed E-state index contributed by atoms with van der Waals surface area (Å²) in [6.45, 7) is 4.56. The Hall–Kier alpha value is -3.39. The fourth-order valence-electron chi connectivity index (χ4n) is 5.44. The van der Waals surface area contributed by atoms with Crippen molar-refractivity contribution in [3.63, 3.8) is 0 Å². The molecule has 7 nitrogen and oxygen atoms in total. The SMILES string of the molecule is COc1ccc(C(OC[C@@H]2C[C@@H](O)CN2C(=O)[C@@H](N)CC(C)C)(c2ccccc2)c2ccc(OC)cc2)cc1. The van der Waals surface area contributed by atoms with Crippen LogP contribution in [0.2, 0.25) is 0 Å². The van der Waals surface area contributed by atoms with E-state index in [-0.39, 0.29) is 25.1 Å². The fraction of sp³-hybridized carbons (Fsp3) is 0.406. The zero-order valence-electron chi connectivity index (χ0n) is 23.2. The Bertz CT molecular complexity index is 1150. The number of likely N-dealkylation sites (tertiary alicyclic amines) is 1. The maximum absolute atomic E-state index is 13.3. The van der Waals surface area contributed by atoms with Crippen molar-refractivity contribution in [1.29, 1.82) is 0 Å². The smallest absolute Gasteiger partial charge is 0.239 e. The van der Waals surface area contributed by atoms with Crippen molar-refractivity contribution in [2.75, 3.05) is 27.4 Å². The number of carbonyl (C=O) groups is 1. The monoisotopic (exact) mass is 532 g/mol. The lowest BCUT2D eigenvalue weighted by atomic mass is 9.80. The summed E-state index contributed by atoms with van der Waals surface area (Å²) in [4.78, 5) is 15.0. The number of β-amino-alcohol motifs (C(OH)–C–C–N with tert-alkyl or cyclic N) is 1. The molecule has 1 aliphatic heterocycles. The normalized spacial score (nSPS) is 18.3. The van der Waals surface area contributed by atoms with Gasteiger partial charge in [0.05, 0.1) is 39.0 Å². The Labute approximate surface area is 231 Å². The van der Waals surface area contributed by atoms with E-state index in [0.29, 0.717) is 18.8 Å². The highest BCUT2D eigenvalue weighted by molar-refractivity contribution is 5.82. The first-order valence-electron chi connectivity index (χ1n) is 13.5. The molecule has 39 heavy (non-hydrogen) atoms. The van der Waals surface area contributed by atoms with Gasteiger partial charge in [0, 0.05) is 6.54 Å². The molecule has 0 spiro atoms. The van der Waals surface area contributed by atoms with Crippen LogP contribution < -0.4 is 15.2 Å². The summed E-state index contributed by atoms with van der Waals surface area (Å²) in [7, 11) is 3.28. The van der Waals surface area contributed by atoms with Gasteiger partial charge in [-0.05, 0) is 59.7 Å². The average molecular weight is 533 g/mol. The van der Waals surface area contributed by atoms with Crippen molar-refractivity contribution in [2.24, 2.45) is 11.7 Å². The molecule has 0 aromatic heterocycles. The maximum Gasteiger partial charge on any atom is 0.239 e. The van der Waals surface area contributed by atoms with Crippen molar-refractivity contribution in [3.05, 3.63) is 95.6 Å². The maximum atomic E-state index is 13.3. The molecular formula is C32H40N2O5. The van der Waals surface area contributed by atoms with Crippen molar-refractivity contribution in [1.82, 2.24) is 4.90 Å². The lowest BCUT2D eigenvalue weighted by Gasteiger charge is -2.38. The fourth-order valence-corrected chi connectivity index (χ4v) is 5.44. The number of methoxy groups -OCH3 is 2. The van der Waals surface area contributed by atoms with Gasteiger partial charge in [-0.15, -0.1) is 0 Å². The van der Waals surface area contributed by atoms with Gasteiger partial charge in [-0.25, -0.2) is 0 Å². The van der Waals surface area contributed by atoms with Crippen LogP contribution in [-0.4, -0.2) is 61.5 Å². The summed E-state index contributed by atoms with van der Waals surface area (Å²) >= 11 is 0. The summed E-state index contributed by atoms with van der Waals surface area (Å²) < 4.78 is 17.8. The minimum absolute atomic E-state index is 0.145. The molecule has 7 heteroatoms. The second kappa shape index (κ2) is 12.6. The van der Waals surface area contributed by atoms with E-state index in [1.807, 2.05) is 92.7 Å². The van der Waals surface area contributed by atoms with E-state index >= 15 is 0 Å². The van der Waals surface area contributed by atoms with Crippen LogP contribution in [0, 0.1) is 5.92 Å². The third-order valence-corrected chi connectivity index (χ3v) is 7.38. The van der Waals surface area contributed by atoms with Gasteiger partial charge < -0.3 is 30.0 Å². The zero-order chi connectivity index (χ0) is 28.0. The topological polar surface area (TPSA) is 94.2 Å². The zero-order valence-corrected chi connectivity index (χ0v) is 23.2. The van der Waals surface area contributed by atoms with Gasteiger partial charge in [-0.2, -0.15) is 0 Å². The van der Waals surface area contributed by atoms with Crippen LogP contribution in [-0.2, 0) is 15.1 Å². The van der Waals surface area contributed by atoms with Crippen LogP contribution in [0.5, 0.6) is 11.5 Å². The van der Waals surface area contributed by atoms with Gasteiger partial charge in [0.2, 0.25) is 5.91 Å². The Kier molecular flexibility index (Phi) is 9.28. The van der Waals surface area contributed by atoms with Crippen molar-refractivity contribution >= 4 is 5.91 Å². The molecule has 1 aliphatic rings. The summed E-state index contributed by atoms with van der Waals surface area (Å²) in [6, 6.07) is 24.8. The van der Waals surface area contributed by atoms with Crippen LogP contribution in [0.15, 0.2) is 78.9 Å². The molecule has 1 amide bonds. The third kappa shape index (κ3) is 6.27. The van der Waals surface area contributed by atoms with Crippen molar-refractivity contribution in [2.45, 2.75) is 50.5 Å². The van der Waals surface area contributed by atoms with Gasteiger partial charge in [0.25, 0.3) is 0 Å². The highest BCUT2D eigenvalue weighted by atomic mass is 16.5. The molecule has 208 valence electrons. The van der Waals surface area contributed by atoms with Crippen molar-refractivity contribution < 1.29 is 24.1 Å². The van der Waals surface area contributed by atoms with Gasteiger partial charge in [0.15, 0.2) is 0 Å². The molecule has 0 saturated carbocycles. The van der Waals surface area contributed by atoms with E-state index in [2.05, 4.69) is 0 Å². The number of nitrogens with zero attached hydrogens (tertiary/aromatic N) is 1. The first-order valence-corrected chi connectivity index (χ1v) is 13.5. The van der Waals surface area contributed by atoms with Gasteiger partial charge in [-0.1, -0.05) is 68.4 Å². The number of aliphatic hydroxyl groups excluding tert-OH is 1. The minimum atomic E-state index is -0.998. The molecule has 0 bridgehead atoms. The number of ether oxygens (including phenoxy) is 3. The molecule has 0 radical (unpaired) electrons. The van der Waals surface area contributed by atoms with Gasteiger partial charge in [0.1, 0.15) is 17.1 Å². The Morgan fingerprint density at radius 1 is 0.923 bits per heavy atom. The second-order valence-corrected chi connectivity index (χ2v) is 10.6. The van der Waals surface area contributed by atoms with Gasteiger partial charge in [-0.3, -0.25) is 4.79 Å². The molecule has 3 aromatic carbocycles. The van der Waals surface area contributed by atoms with Crippen LogP contribution >= 0.6 is 0 Å². The largest absolute Gasteiger partial charge is 0.497 e. The van der Waals surface area contributed by atoms with Gasteiger partial charge >= 0.3 is 0 Å². The second-order valence-electron chi connectivity index (χ2n) is 10.6. The number of carbonyl (C=O) groups excluding carboxylic acids is 1. The molecule has 4 rings (SSSR count). The standard InChI is InChI=1S/C32H40N2O5/c1-22(2)18-30(33)31(36)34-20-27(35)19-26(34)21-39-32(23-8-6-5-7-9-23,24-10-14-28(37-3)15-11-24)25-12-16-29(38-4)17-13-25/h5-17,22,26-27,30,35H,18-21,33H2,1-4H3/t26-,27+,30-/m0/s1. The van der Waals surface area contributed by atoms with E-state index in [9.17, 15) is 9.90 Å². The molecule has 1 saturated heterocycles. The molecule has 0 unspecified atom stereocenters. The Balaban J connectivity index is 1.76. The molecule has 3 atom stereocenters. The lowest BCUT2D eigenvalue weighted by Crippen LogP contribution is -2.49. The number of benzene rings is 3. The van der Waals surface area contributed by atoms with Crippen molar-refractivity contribution in [3.8, 4) is 11.5 Å². The highest BCUT2D eigenvalue weighted by Gasteiger charge is 2.42. The summed E-state index contributed by atoms with van der Waals surface area (Å²) in [6.07, 6.45) is 0.392. The summed E-state index contributed by atoms with van der Waals surface area (Å²) in [5.74, 6) is 1.63. The first-order chi connectivity index (χ1) is 18.8. The van der Waals surface area contributed by atoms with Crippen LogP contribution in [0.1, 0.15) is 43.4 Å². The molecule has 3 aromatic rings. The lowest BCUT2D eigenvalue weighted by molar-refractivity contribution is -0.136. The third-order valence-electron chi connectivity index (χ3n) is 7.38. The number of aliphatic hydroxyl groups is 1. The van der Waals surface area contributed by atoms with E-state index in [1.165, 1.54) is 0 Å². The summed E-state index contributed by atoms with van der Waals surface area (Å²) in [5, 5.41) is 10.6. The van der Waals surface area contributed by atoms with E-state index < -0.39 is 17.7 Å². The number of hydrogen-bond donors (Lipinski definition) is 2. The molecule has 3 N–H and O–H groups in total. The predicted octanol–water partition coefficient (Wildman–Crippen LogP) is 4.35. The number of nitrogens with two attached hydrogens (primary N) is 1. The minimum Gasteiger partial charge on any atom is -0.497 e. The van der Waals surface area contributed by atoms with E-state index in [4.69, 9.17) is 19.9 Å². The highest BCUT2D eigenvalue weighted by Crippen LogP contribution is 2.42. The van der Waals surface area contributed by atoms with E-state index in [1.54, 1.807) is 19.1 Å². The molecule has 1 heterocycles. The van der Waals surface area contributed by atoms with Crippen LogP contribution in [0.25, 0.3) is 0 Å². The van der Waals surface area contributed by atoms with Crippen LogP contribution in [0.4, 0.5) is 0 Å². The average Bonchev–Trinajstić information content (AvgIpc) is 3.34. The molecule has 1 fully saturated rings. The predicted molar refractivity (Wildman–Crippen MR) is 152 cm³/mol. The molecular weight excluding hydrogens is 492 g/mol. The number of hydrogen-bond acceptors (Lipinski definition) is 6. The van der Waals surface area contributed by atoms with Crippen LogP contribution in [0.3, 0.4) is 0 Å². The number of amides is 1. The Morgan fingerprint density at radius 2 is 1.44 bits per heavy atom.